The van der Waals surface area contributed by atoms with Crippen molar-refractivity contribution in [1.29, 1.82) is 0 Å². The Morgan fingerprint density at radius 3 is 2.83 bits per heavy atom. The van der Waals surface area contributed by atoms with Gasteiger partial charge in [0.25, 0.3) is 0 Å². The summed E-state index contributed by atoms with van der Waals surface area (Å²) in [7, 11) is 0. The lowest BCUT2D eigenvalue weighted by Crippen LogP contribution is -2.79. The van der Waals surface area contributed by atoms with E-state index in [1.807, 2.05) is 0 Å². The maximum absolute atomic E-state index is 6.41. The molecule has 0 radical (unpaired) electrons. The fourth-order valence-electron chi connectivity index (χ4n) is 4.34. The van der Waals surface area contributed by atoms with E-state index in [9.17, 15) is 0 Å². The molecule has 3 aliphatic rings. The molecule has 3 aliphatic heterocycles. The zero-order valence-electron chi connectivity index (χ0n) is 14.4. The summed E-state index contributed by atoms with van der Waals surface area (Å²) < 4.78 is 6.41. The highest BCUT2D eigenvalue weighted by atomic mass is 16.5. The normalized spacial score (nSPS) is 17.5. The largest absolute Gasteiger partial charge is 0.455 e. The van der Waals surface area contributed by atoms with Gasteiger partial charge in [0.05, 0.1) is 5.56 Å². The molecule has 2 aromatic carbocycles. The number of fused-ring (bicyclic) bond motifs is 4. The van der Waals surface area contributed by atoms with Gasteiger partial charge in [-0.2, -0.15) is 0 Å². The summed E-state index contributed by atoms with van der Waals surface area (Å²) >= 11 is 0. The van der Waals surface area contributed by atoms with Crippen molar-refractivity contribution in [3.8, 4) is 11.5 Å². The van der Waals surface area contributed by atoms with E-state index < -0.39 is 0 Å². The number of anilines is 1. The second kappa shape index (κ2) is 5.10. The Balaban J connectivity index is 1.80. The summed E-state index contributed by atoms with van der Waals surface area (Å²) in [5.74, 6) is 2.02. The predicted octanol–water partition coefficient (Wildman–Crippen LogP) is 1.32. The molecule has 5 rings (SSSR count). The van der Waals surface area contributed by atoms with Gasteiger partial charge >= 0.3 is 0 Å². The number of rotatable bonds is 0. The van der Waals surface area contributed by atoms with Gasteiger partial charge in [-0.15, -0.1) is 0 Å². The molecule has 0 unspecified atom stereocenters. The van der Waals surface area contributed by atoms with Crippen LogP contribution >= 0.6 is 0 Å². The summed E-state index contributed by atoms with van der Waals surface area (Å²) in [5.41, 5.74) is 7.94. The first-order valence-electron chi connectivity index (χ1n) is 9.05. The van der Waals surface area contributed by atoms with Crippen molar-refractivity contribution in [1.82, 2.24) is 0 Å². The summed E-state index contributed by atoms with van der Waals surface area (Å²) in [6, 6.07) is 6.88. The maximum atomic E-state index is 6.41. The number of hydrogen-bond acceptors (Lipinski definition) is 2. The zero-order chi connectivity index (χ0) is 16.3. The smallest absolute Gasteiger partial charge is 0.208 e. The quantitative estimate of drug-likeness (QED) is 0.768. The third kappa shape index (κ3) is 1.94. The molecule has 0 aromatic heterocycles. The van der Waals surface area contributed by atoms with Gasteiger partial charge < -0.3 is 10.1 Å². The molecule has 0 spiro atoms. The van der Waals surface area contributed by atoms with E-state index in [4.69, 9.17) is 4.74 Å². The molecular weight excluding hydrogens is 296 g/mol. The highest BCUT2D eigenvalue weighted by molar-refractivity contribution is 5.77. The Morgan fingerprint density at radius 1 is 1.04 bits per heavy atom. The van der Waals surface area contributed by atoms with Gasteiger partial charge in [-0.1, -0.05) is 0 Å². The Labute approximate surface area is 142 Å². The van der Waals surface area contributed by atoms with Gasteiger partial charge in [0.1, 0.15) is 18.0 Å². The van der Waals surface area contributed by atoms with E-state index in [1.54, 1.807) is 0 Å². The maximum Gasteiger partial charge on any atom is 0.208 e. The Kier molecular flexibility index (Phi) is 2.99. The van der Waals surface area contributed by atoms with Crippen molar-refractivity contribution < 1.29 is 9.73 Å². The minimum Gasteiger partial charge on any atom is -0.455 e. The predicted molar refractivity (Wildman–Crippen MR) is 95.2 cm³/mol. The first-order chi connectivity index (χ1) is 11.7. The van der Waals surface area contributed by atoms with Crippen molar-refractivity contribution in [2.45, 2.75) is 39.5 Å². The summed E-state index contributed by atoms with van der Waals surface area (Å²) in [6.45, 7) is 6.54. The molecule has 122 valence electrons. The average Bonchev–Trinajstić information content (AvgIpc) is 2.62. The molecule has 0 saturated heterocycles. The Hall–Kier alpha value is -2.29. The van der Waals surface area contributed by atoms with E-state index in [1.165, 1.54) is 56.9 Å². The van der Waals surface area contributed by atoms with Crippen molar-refractivity contribution in [3.05, 3.63) is 51.0 Å². The topological polar surface area (TPSA) is 35.2 Å². The molecule has 2 aromatic rings. The minimum absolute atomic E-state index is 0.993. The van der Waals surface area contributed by atoms with Crippen LogP contribution in [0.15, 0.2) is 18.2 Å². The molecule has 3 nitrogen and oxygen atoms in total. The number of hydrogen-bond donors (Lipinski definition) is 2. The first-order valence-corrected chi connectivity index (χ1v) is 9.05. The summed E-state index contributed by atoms with van der Waals surface area (Å²) in [5, 5.41) is 6.07. The molecule has 0 amide bonds. The van der Waals surface area contributed by atoms with Crippen LogP contribution in [0.4, 0.5) is 5.69 Å². The zero-order valence-corrected chi connectivity index (χ0v) is 14.4. The van der Waals surface area contributed by atoms with Crippen molar-refractivity contribution in [2.24, 2.45) is 0 Å². The fourth-order valence-corrected chi connectivity index (χ4v) is 4.34. The van der Waals surface area contributed by atoms with Gasteiger partial charge in [0, 0.05) is 41.1 Å². The van der Waals surface area contributed by atoms with E-state index in [0.29, 0.717) is 0 Å². The summed E-state index contributed by atoms with van der Waals surface area (Å²) in [6.07, 6.45) is 4.73. The molecule has 0 bridgehead atoms. The van der Waals surface area contributed by atoms with Crippen molar-refractivity contribution >= 4 is 11.3 Å². The third-order valence-corrected chi connectivity index (χ3v) is 5.69. The average molecular weight is 319 g/mol. The van der Waals surface area contributed by atoms with Gasteiger partial charge in [-0.25, -0.2) is 4.99 Å². The van der Waals surface area contributed by atoms with Crippen LogP contribution in [0, 0.1) is 6.92 Å². The number of benzene rings is 2. The highest BCUT2D eigenvalue weighted by Gasteiger charge is 2.24. The molecule has 0 saturated carbocycles. The van der Waals surface area contributed by atoms with E-state index in [-0.39, 0.29) is 0 Å². The van der Waals surface area contributed by atoms with Crippen LogP contribution in [-0.4, -0.2) is 13.1 Å². The fraction of sp³-hybridized carbons (Fsp3) is 0.381. The number of aryl methyl sites for hydroxylation is 2. The van der Waals surface area contributed by atoms with Crippen LogP contribution in [0.2, 0.25) is 0 Å². The van der Waals surface area contributed by atoms with Crippen molar-refractivity contribution in [3.63, 3.8) is 0 Å². The van der Waals surface area contributed by atoms with Gasteiger partial charge in [0.2, 0.25) is 5.36 Å². The first kappa shape index (κ1) is 14.1. The molecule has 0 fully saturated rings. The van der Waals surface area contributed by atoms with Gasteiger partial charge in [-0.05, 0) is 56.4 Å². The lowest BCUT2D eigenvalue weighted by Gasteiger charge is -2.25. The molecule has 2 N–H and O–H groups in total. The molecule has 0 atom stereocenters. The van der Waals surface area contributed by atoms with Crippen LogP contribution in [0.25, 0.3) is 5.57 Å². The van der Waals surface area contributed by atoms with Crippen molar-refractivity contribution in [2.75, 3.05) is 18.4 Å². The second-order valence-corrected chi connectivity index (χ2v) is 7.21. The molecule has 3 heterocycles. The lowest BCUT2D eigenvalue weighted by molar-refractivity contribution is -0.505. The van der Waals surface area contributed by atoms with Crippen LogP contribution in [0.5, 0.6) is 11.5 Å². The van der Waals surface area contributed by atoms with Crippen LogP contribution in [0.3, 0.4) is 0 Å². The molecule has 3 heteroatoms. The molecular formula is C21H23N2O+. The SMILES string of the molecule is CC1=c2cc3c(c(C)c2Oc2cc4c(cc21)CCCN4)=[NH+]CCC3. The van der Waals surface area contributed by atoms with Gasteiger partial charge in [-0.3, -0.25) is 0 Å². The number of nitrogens with one attached hydrogen (secondary N) is 2. The van der Waals surface area contributed by atoms with Gasteiger partial charge in [0.15, 0.2) is 0 Å². The van der Waals surface area contributed by atoms with E-state index >= 15 is 0 Å². The van der Waals surface area contributed by atoms with Crippen LogP contribution in [-0.2, 0) is 12.8 Å². The Bertz CT molecular complexity index is 988. The van der Waals surface area contributed by atoms with E-state index in [0.717, 1.165) is 37.4 Å². The standard InChI is InChI=1S/C21H22N2O/c1-12-16-9-14-5-3-7-22-18(14)11-19(16)24-21-13(2)20-15(10-17(12)21)6-4-8-23-20/h9-11,22H,3-8H2,1-2H3/p+1. The summed E-state index contributed by atoms with van der Waals surface area (Å²) in [4.78, 5) is 3.57. The lowest BCUT2D eigenvalue weighted by atomic mass is 9.92. The Morgan fingerprint density at radius 2 is 1.92 bits per heavy atom. The van der Waals surface area contributed by atoms with Crippen LogP contribution in [0.1, 0.15) is 42.0 Å². The molecule has 24 heavy (non-hydrogen) atoms. The highest BCUT2D eigenvalue weighted by Crippen LogP contribution is 2.38. The second-order valence-electron chi connectivity index (χ2n) is 7.21. The molecule has 0 aliphatic carbocycles. The monoisotopic (exact) mass is 319 g/mol. The van der Waals surface area contributed by atoms with E-state index in [2.05, 4.69) is 42.4 Å². The number of ether oxygens (including phenoxy) is 1. The third-order valence-electron chi connectivity index (χ3n) is 5.69. The van der Waals surface area contributed by atoms with Crippen LogP contribution < -0.4 is 25.6 Å². The minimum atomic E-state index is 0.993.